The predicted molar refractivity (Wildman–Crippen MR) is 93.3 cm³/mol. The Morgan fingerprint density at radius 2 is 1.88 bits per heavy atom. The van der Waals surface area contributed by atoms with Gasteiger partial charge >= 0.3 is 0 Å². The number of ketones is 1. The van der Waals surface area contributed by atoms with E-state index in [-0.39, 0.29) is 22.6 Å². The molecule has 0 aromatic heterocycles. The van der Waals surface area contributed by atoms with Crippen LogP contribution in [0.25, 0.3) is 0 Å². The van der Waals surface area contributed by atoms with Crippen molar-refractivity contribution in [1.82, 2.24) is 0 Å². The molecule has 1 aliphatic heterocycles. The second-order valence-electron chi connectivity index (χ2n) is 9.36. The molecule has 4 aliphatic rings. The van der Waals surface area contributed by atoms with E-state index in [9.17, 15) is 9.90 Å². The second kappa shape index (κ2) is 4.77. The van der Waals surface area contributed by atoms with E-state index < -0.39 is 0 Å². The highest BCUT2D eigenvalue weighted by molar-refractivity contribution is 6.04. The molecular formula is C21H28O3. The van der Waals surface area contributed by atoms with E-state index in [0.29, 0.717) is 23.0 Å². The average molecular weight is 328 g/mol. The van der Waals surface area contributed by atoms with Gasteiger partial charge in [-0.25, -0.2) is 0 Å². The minimum Gasteiger partial charge on any atom is -0.504 e. The fraction of sp³-hybridized carbons (Fsp3) is 0.667. The Morgan fingerprint density at radius 1 is 1.12 bits per heavy atom. The van der Waals surface area contributed by atoms with Gasteiger partial charge in [-0.2, -0.15) is 0 Å². The van der Waals surface area contributed by atoms with Gasteiger partial charge in [0.1, 0.15) is 11.4 Å². The highest BCUT2D eigenvalue weighted by Gasteiger charge is 2.60. The molecule has 4 rings (SSSR count). The Kier molecular flexibility index (Phi) is 3.18. The largest absolute Gasteiger partial charge is 0.504 e. The summed E-state index contributed by atoms with van der Waals surface area (Å²) in [5.41, 5.74) is 1.19. The lowest BCUT2D eigenvalue weighted by molar-refractivity contribution is -0.162. The van der Waals surface area contributed by atoms with Crippen molar-refractivity contribution in [3.8, 4) is 0 Å². The number of hydrogen-bond donors (Lipinski definition) is 1. The van der Waals surface area contributed by atoms with Crippen molar-refractivity contribution < 1.29 is 14.6 Å². The summed E-state index contributed by atoms with van der Waals surface area (Å²) in [5, 5.41) is 9.83. The van der Waals surface area contributed by atoms with Gasteiger partial charge in [0, 0.05) is 17.6 Å². The van der Waals surface area contributed by atoms with Crippen LogP contribution in [-0.2, 0) is 9.53 Å². The standard InChI is InChI=1S/C21H28O3/c1-19(2)7-5-8-20(3)17(19)6-9-21(4)18(20)11-13-10-14(22)15(23)12-16(13)24-21/h10-12,17-18,22H,5-9H2,1-4H3/t17-,18+,20-,21-/m1/s1. The summed E-state index contributed by atoms with van der Waals surface area (Å²) in [4.78, 5) is 11.8. The average Bonchev–Trinajstić information content (AvgIpc) is 2.46. The maximum atomic E-state index is 11.8. The van der Waals surface area contributed by atoms with Gasteiger partial charge in [-0.15, -0.1) is 0 Å². The number of aliphatic hydroxyl groups is 1. The van der Waals surface area contributed by atoms with Crippen LogP contribution < -0.4 is 0 Å². The highest BCUT2D eigenvalue weighted by atomic mass is 16.5. The van der Waals surface area contributed by atoms with E-state index >= 15 is 0 Å². The minimum absolute atomic E-state index is 0.182. The van der Waals surface area contributed by atoms with Gasteiger partial charge in [0.25, 0.3) is 0 Å². The zero-order valence-electron chi connectivity index (χ0n) is 15.2. The molecule has 130 valence electrons. The zero-order valence-corrected chi connectivity index (χ0v) is 15.2. The molecule has 4 atom stereocenters. The summed E-state index contributed by atoms with van der Waals surface area (Å²) in [5.74, 6) is 1.09. The first-order chi connectivity index (χ1) is 11.2. The number of carbonyl (C=O) groups is 1. The Labute approximate surface area is 144 Å². The Morgan fingerprint density at radius 3 is 2.62 bits per heavy atom. The number of hydrogen-bond acceptors (Lipinski definition) is 3. The molecule has 1 heterocycles. The third-order valence-corrected chi connectivity index (χ3v) is 7.35. The number of ether oxygens (including phenoxy) is 1. The minimum atomic E-state index is -0.358. The first kappa shape index (κ1) is 16.0. The number of rotatable bonds is 0. The smallest absolute Gasteiger partial charge is 0.223 e. The lowest BCUT2D eigenvalue weighted by Gasteiger charge is -2.62. The van der Waals surface area contributed by atoms with E-state index in [1.807, 2.05) is 0 Å². The van der Waals surface area contributed by atoms with Crippen LogP contribution in [0.4, 0.5) is 0 Å². The summed E-state index contributed by atoms with van der Waals surface area (Å²) in [6.45, 7) is 9.49. The zero-order chi connectivity index (χ0) is 17.3. The molecular weight excluding hydrogens is 300 g/mol. The lowest BCUT2D eigenvalue weighted by atomic mass is 9.45. The molecule has 0 spiro atoms. The molecule has 0 saturated heterocycles. The van der Waals surface area contributed by atoms with Crippen molar-refractivity contribution in [3.05, 3.63) is 35.3 Å². The molecule has 2 saturated carbocycles. The molecule has 0 unspecified atom stereocenters. The van der Waals surface area contributed by atoms with Gasteiger partial charge in [-0.1, -0.05) is 33.3 Å². The van der Waals surface area contributed by atoms with Crippen molar-refractivity contribution >= 4 is 5.78 Å². The van der Waals surface area contributed by atoms with Crippen LogP contribution in [0.5, 0.6) is 0 Å². The fourth-order valence-electron chi connectivity index (χ4n) is 6.24. The molecule has 0 aromatic rings. The maximum absolute atomic E-state index is 11.8. The maximum Gasteiger partial charge on any atom is 0.223 e. The molecule has 24 heavy (non-hydrogen) atoms. The van der Waals surface area contributed by atoms with E-state index in [4.69, 9.17) is 4.74 Å². The van der Waals surface area contributed by atoms with Gasteiger partial charge in [0.15, 0.2) is 5.76 Å². The van der Waals surface area contributed by atoms with Gasteiger partial charge < -0.3 is 9.84 Å². The Bertz CT molecular complexity index is 696. The van der Waals surface area contributed by atoms with Crippen molar-refractivity contribution in [3.63, 3.8) is 0 Å². The Balaban J connectivity index is 1.82. The molecule has 0 bridgehead atoms. The summed E-state index contributed by atoms with van der Waals surface area (Å²) in [6.07, 6.45) is 11.3. The van der Waals surface area contributed by atoms with Crippen molar-refractivity contribution in [2.75, 3.05) is 0 Å². The van der Waals surface area contributed by atoms with Crippen LogP contribution in [0, 0.1) is 22.7 Å². The lowest BCUT2D eigenvalue weighted by Crippen LogP contribution is -2.58. The van der Waals surface area contributed by atoms with Crippen molar-refractivity contribution in [1.29, 1.82) is 0 Å². The monoisotopic (exact) mass is 328 g/mol. The van der Waals surface area contributed by atoms with Crippen LogP contribution in [0.2, 0.25) is 0 Å². The molecule has 0 aromatic carbocycles. The van der Waals surface area contributed by atoms with Crippen LogP contribution >= 0.6 is 0 Å². The summed E-state index contributed by atoms with van der Waals surface area (Å²) in [6, 6.07) is 0. The first-order valence-electron chi connectivity index (χ1n) is 9.24. The molecule has 2 fully saturated rings. The van der Waals surface area contributed by atoms with E-state index in [1.54, 1.807) is 6.08 Å². The van der Waals surface area contributed by atoms with Crippen LogP contribution in [0.15, 0.2) is 35.3 Å². The van der Waals surface area contributed by atoms with Crippen molar-refractivity contribution in [2.45, 2.75) is 65.4 Å². The van der Waals surface area contributed by atoms with E-state index in [2.05, 4.69) is 33.8 Å². The molecule has 3 aliphatic carbocycles. The van der Waals surface area contributed by atoms with Gasteiger partial charge in [0.05, 0.1) is 0 Å². The van der Waals surface area contributed by atoms with Gasteiger partial charge in [-0.05, 0) is 55.4 Å². The van der Waals surface area contributed by atoms with Gasteiger partial charge in [0.2, 0.25) is 5.78 Å². The fourth-order valence-corrected chi connectivity index (χ4v) is 6.24. The molecule has 3 heteroatoms. The molecule has 1 N–H and O–H groups in total. The van der Waals surface area contributed by atoms with Crippen LogP contribution in [-0.4, -0.2) is 16.5 Å². The molecule has 0 radical (unpaired) electrons. The normalized spacial score (nSPS) is 43.3. The highest BCUT2D eigenvalue weighted by Crippen LogP contribution is 2.64. The van der Waals surface area contributed by atoms with Gasteiger partial charge in [-0.3, -0.25) is 4.79 Å². The Hall–Kier alpha value is -1.51. The second-order valence-corrected chi connectivity index (χ2v) is 9.36. The summed E-state index contributed by atoms with van der Waals surface area (Å²) >= 11 is 0. The topological polar surface area (TPSA) is 46.5 Å². The van der Waals surface area contributed by atoms with Crippen LogP contribution in [0.1, 0.15) is 59.8 Å². The SMILES string of the molecule is CC1(C)CCC[C@]2(C)[C@@H]1CC[C@@]1(C)OC3=CC(=O)C(O)=CC3=C[C@@H]21. The number of fused-ring (bicyclic) bond motifs is 4. The number of aliphatic hydroxyl groups excluding tert-OH is 1. The van der Waals surface area contributed by atoms with E-state index in [1.165, 1.54) is 31.8 Å². The predicted octanol–water partition coefficient (Wildman–Crippen LogP) is 4.85. The number of carbonyl (C=O) groups excluding carboxylic acids is 1. The summed E-state index contributed by atoms with van der Waals surface area (Å²) < 4.78 is 6.40. The van der Waals surface area contributed by atoms with Crippen LogP contribution in [0.3, 0.4) is 0 Å². The number of allylic oxidation sites excluding steroid dienone is 2. The van der Waals surface area contributed by atoms with Crippen molar-refractivity contribution in [2.24, 2.45) is 22.7 Å². The third kappa shape index (κ3) is 2.06. The molecule has 0 amide bonds. The quantitative estimate of drug-likeness (QED) is 0.691. The third-order valence-electron chi connectivity index (χ3n) is 7.35. The molecule has 3 nitrogen and oxygen atoms in total. The summed E-state index contributed by atoms with van der Waals surface area (Å²) in [7, 11) is 0. The first-order valence-corrected chi connectivity index (χ1v) is 9.24. The van der Waals surface area contributed by atoms with E-state index in [0.717, 1.165) is 12.0 Å².